The second-order valence-corrected chi connectivity index (χ2v) is 6.20. The highest BCUT2D eigenvalue weighted by molar-refractivity contribution is 5.91. The lowest BCUT2D eigenvalue weighted by atomic mass is 10.0. The number of rotatable bonds is 4. The molecule has 24 heavy (non-hydrogen) atoms. The molecule has 0 aliphatic carbocycles. The molecule has 0 saturated carbocycles. The van der Waals surface area contributed by atoms with Gasteiger partial charge in [-0.25, -0.2) is 14.5 Å². The molecule has 2 aromatic rings. The van der Waals surface area contributed by atoms with Crippen LogP contribution in [0.2, 0.25) is 0 Å². The van der Waals surface area contributed by atoms with Gasteiger partial charge in [-0.05, 0) is 26.7 Å². The zero-order chi connectivity index (χ0) is 17.3. The second-order valence-electron chi connectivity index (χ2n) is 6.20. The maximum Gasteiger partial charge on any atom is 0.314 e. The van der Waals surface area contributed by atoms with Gasteiger partial charge in [-0.2, -0.15) is 5.10 Å². The molecule has 3 rings (SSSR count). The molecule has 8 nitrogen and oxygen atoms in total. The molecule has 0 spiro atoms. The van der Waals surface area contributed by atoms with E-state index in [0.717, 1.165) is 47.4 Å². The Hall–Kier alpha value is -2.35. The number of hydrogen-bond donors (Lipinski definition) is 3. The van der Waals surface area contributed by atoms with Crippen LogP contribution in [0.4, 0.5) is 10.5 Å². The Bertz CT molecular complexity index is 746. The van der Waals surface area contributed by atoms with E-state index in [1.54, 1.807) is 4.90 Å². The van der Waals surface area contributed by atoms with Crippen molar-refractivity contribution in [2.45, 2.75) is 45.8 Å². The molecule has 0 radical (unpaired) electrons. The van der Waals surface area contributed by atoms with E-state index in [4.69, 9.17) is 11.5 Å². The monoisotopic (exact) mass is 331 g/mol. The molecule has 1 saturated heterocycles. The standard InChI is InChI=1S/C16H25N7O/c1-3-23-15-13(9-19-23)14(12(8-17)10(2)20-15)21-11-4-6-22(7-5-11)16(18)24/h9,11H,3-8,17H2,1-2H3,(H2,18,24)(H,20,21). The normalized spacial score (nSPS) is 15.9. The van der Waals surface area contributed by atoms with Gasteiger partial charge in [0, 0.05) is 43.5 Å². The minimum Gasteiger partial charge on any atom is -0.381 e. The van der Waals surface area contributed by atoms with E-state index in [9.17, 15) is 4.79 Å². The van der Waals surface area contributed by atoms with Crippen LogP contribution in [0.25, 0.3) is 11.0 Å². The number of fused-ring (bicyclic) bond motifs is 1. The Morgan fingerprint density at radius 2 is 2.12 bits per heavy atom. The number of amides is 2. The summed E-state index contributed by atoms with van der Waals surface area (Å²) in [5, 5.41) is 9.05. The van der Waals surface area contributed by atoms with Gasteiger partial charge in [0.25, 0.3) is 0 Å². The van der Waals surface area contributed by atoms with Crippen molar-refractivity contribution in [1.29, 1.82) is 0 Å². The molecule has 5 N–H and O–H groups in total. The summed E-state index contributed by atoms with van der Waals surface area (Å²) in [6.07, 6.45) is 3.57. The van der Waals surface area contributed by atoms with Crippen LogP contribution in [-0.4, -0.2) is 44.8 Å². The van der Waals surface area contributed by atoms with Gasteiger partial charge < -0.3 is 21.7 Å². The number of piperidine rings is 1. The maximum atomic E-state index is 11.3. The largest absolute Gasteiger partial charge is 0.381 e. The van der Waals surface area contributed by atoms with Crippen LogP contribution in [0.15, 0.2) is 6.20 Å². The van der Waals surface area contributed by atoms with E-state index in [1.165, 1.54) is 0 Å². The summed E-state index contributed by atoms with van der Waals surface area (Å²) in [5.74, 6) is 0. The molecular weight excluding hydrogens is 306 g/mol. The number of hydrogen-bond acceptors (Lipinski definition) is 5. The van der Waals surface area contributed by atoms with Crippen molar-refractivity contribution in [2.24, 2.45) is 11.5 Å². The fraction of sp³-hybridized carbons (Fsp3) is 0.562. The predicted molar refractivity (Wildman–Crippen MR) is 93.6 cm³/mol. The molecule has 130 valence electrons. The number of nitrogens with one attached hydrogen (secondary N) is 1. The van der Waals surface area contributed by atoms with E-state index in [0.29, 0.717) is 19.6 Å². The molecule has 2 amide bonds. The number of anilines is 1. The lowest BCUT2D eigenvalue weighted by Crippen LogP contribution is -2.44. The van der Waals surface area contributed by atoms with E-state index in [1.807, 2.05) is 24.7 Å². The zero-order valence-corrected chi connectivity index (χ0v) is 14.2. The summed E-state index contributed by atoms with van der Waals surface area (Å²) < 4.78 is 1.89. The van der Waals surface area contributed by atoms with Crippen molar-refractivity contribution < 1.29 is 4.79 Å². The van der Waals surface area contributed by atoms with Crippen molar-refractivity contribution in [2.75, 3.05) is 18.4 Å². The van der Waals surface area contributed by atoms with Crippen LogP contribution >= 0.6 is 0 Å². The van der Waals surface area contributed by atoms with Gasteiger partial charge in [0.15, 0.2) is 5.65 Å². The number of urea groups is 1. The summed E-state index contributed by atoms with van der Waals surface area (Å²) in [6, 6.07) is -0.0664. The van der Waals surface area contributed by atoms with Gasteiger partial charge >= 0.3 is 6.03 Å². The zero-order valence-electron chi connectivity index (χ0n) is 14.2. The van der Waals surface area contributed by atoms with Crippen LogP contribution in [0.5, 0.6) is 0 Å². The Morgan fingerprint density at radius 3 is 2.71 bits per heavy atom. The Balaban J connectivity index is 1.91. The molecule has 1 fully saturated rings. The molecule has 3 heterocycles. The summed E-state index contributed by atoms with van der Waals surface area (Å²) in [5.41, 5.74) is 15.2. The van der Waals surface area contributed by atoms with Gasteiger partial charge in [-0.15, -0.1) is 0 Å². The lowest BCUT2D eigenvalue weighted by Gasteiger charge is -2.32. The average Bonchev–Trinajstić information content (AvgIpc) is 2.98. The minimum atomic E-state index is -0.345. The number of nitrogens with zero attached hydrogens (tertiary/aromatic N) is 4. The predicted octanol–water partition coefficient (Wildman–Crippen LogP) is 1.17. The fourth-order valence-electron chi connectivity index (χ4n) is 3.34. The summed E-state index contributed by atoms with van der Waals surface area (Å²) in [6.45, 7) is 6.57. The first-order valence-electron chi connectivity index (χ1n) is 8.41. The minimum absolute atomic E-state index is 0.279. The highest BCUT2D eigenvalue weighted by atomic mass is 16.2. The summed E-state index contributed by atoms with van der Waals surface area (Å²) in [4.78, 5) is 17.6. The Morgan fingerprint density at radius 1 is 1.42 bits per heavy atom. The van der Waals surface area contributed by atoms with Crippen molar-refractivity contribution in [3.05, 3.63) is 17.5 Å². The Labute approximate surface area is 141 Å². The first kappa shape index (κ1) is 16.5. The molecule has 1 aliphatic rings. The third kappa shape index (κ3) is 2.89. The molecule has 0 aromatic carbocycles. The number of likely N-dealkylation sites (tertiary alicyclic amines) is 1. The quantitative estimate of drug-likeness (QED) is 0.778. The van der Waals surface area contributed by atoms with Gasteiger partial charge in [0.05, 0.1) is 17.3 Å². The molecular formula is C16H25N7O. The van der Waals surface area contributed by atoms with E-state index in [-0.39, 0.29) is 12.1 Å². The van der Waals surface area contributed by atoms with Crippen LogP contribution in [0.3, 0.4) is 0 Å². The molecule has 8 heteroatoms. The van der Waals surface area contributed by atoms with Crippen molar-refractivity contribution >= 4 is 22.8 Å². The van der Waals surface area contributed by atoms with Crippen LogP contribution < -0.4 is 16.8 Å². The van der Waals surface area contributed by atoms with Gasteiger partial charge in [0.1, 0.15) is 0 Å². The fourth-order valence-corrected chi connectivity index (χ4v) is 3.34. The van der Waals surface area contributed by atoms with E-state index in [2.05, 4.69) is 15.4 Å². The first-order valence-corrected chi connectivity index (χ1v) is 8.41. The van der Waals surface area contributed by atoms with Crippen molar-refractivity contribution in [1.82, 2.24) is 19.7 Å². The van der Waals surface area contributed by atoms with Crippen LogP contribution in [0.1, 0.15) is 31.0 Å². The van der Waals surface area contributed by atoms with Gasteiger partial charge in [-0.1, -0.05) is 0 Å². The molecule has 1 aliphatic heterocycles. The molecule has 0 bridgehead atoms. The number of nitrogens with two attached hydrogens (primary N) is 2. The highest BCUT2D eigenvalue weighted by Crippen LogP contribution is 2.30. The average molecular weight is 331 g/mol. The maximum absolute atomic E-state index is 11.3. The number of aryl methyl sites for hydroxylation is 2. The van der Waals surface area contributed by atoms with Gasteiger partial charge in [-0.3, -0.25) is 0 Å². The number of pyridine rings is 1. The molecule has 0 unspecified atom stereocenters. The highest BCUT2D eigenvalue weighted by Gasteiger charge is 2.23. The van der Waals surface area contributed by atoms with E-state index < -0.39 is 0 Å². The smallest absolute Gasteiger partial charge is 0.314 e. The summed E-state index contributed by atoms with van der Waals surface area (Å²) >= 11 is 0. The molecule has 2 aromatic heterocycles. The van der Waals surface area contributed by atoms with Crippen LogP contribution in [-0.2, 0) is 13.1 Å². The topological polar surface area (TPSA) is 115 Å². The number of aromatic nitrogens is 3. The first-order chi connectivity index (χ1) is 11.5. The molecule has 0 atom stereocenters. The van der Waals surface area contributed by atoms with Gasteiger partial charge in [0.2, 0.25) is 0 Å². The number of carbonyl (C=O) groups excluding carboxylic acids is 1. The van der Waals surface area contributed by atoms with Crippen molar-refractivity contribution in [3.8, 4) is 0 Å². The lowest BCUT2D eigenvalue weighted by molar-refractivity contribution is 0.193. The third-order valence-electron chi connectivity index (χ3n) is 4.75. The number of carbonyl (C=O) groups is 1. The Kier molecular flexibility index (Phi) is 4.57. The SMILES string of the molecule is CCn1ncc2c(NC3CCN(C(N)=O)CC3)c(CN)c(C)nc21. The van der Waals surface area contributed by atoms with E-state index >= 15 is 0 Å². The second kappa shape index (κ2) is 6.64. The van der Waals surface area contributed by atoms with Crippen molar-refractivity contribution in [3.63, 3.8) is 0 Å². The number of primary amides is 1. The van der Waals surface area contributed by atoms with Crippen LogP contribution in [0, 0.1) is 6.92 Å². The summed E-state index contributed by atoms with van der Waals surface area (Å²) in [7, 11) is 0. The third-order valence-corrected chi connectivity index (χ3v) is 4.75.